The summed E-state index contributed by atoms with van der Waals surface area (Å²) in [6.45, 7) is 5.66. The Hall–Kier alpha value is -1.30. The number of carbonyl (C=O) groups is 2. The number of aromatic nitrogens is 1. The third kappa shape index (κ3) is 4.14. The first kappa shape index (κ1) is 24.7. The van der Waals surface area contributed by atoms with Gasteiger partial charge in [0.15, 0.2) is 0 Å². The topological polar surface area (TPSA) is 77.0 Å². The van der Waals surface area contributed by atoms with Crippen LogP contribution >= 0.6 is 34.1 Å². The van der Waals surface area contributed by atoms with Gasteiger partial charge in [-0.3, -0.25) is 19.4 Å². The molecule has 2 saturated heterocycles. The molecule has 9 heteroatoms. The molecule has 2 aromatic rings. The number of alkyl halides is 1. The summed E-state index contributed by atoms with van der Waals surface area (Å²) in [6, 6.07) is 8.49. The van der Waals surface area contributed by atoms with Gasteiger partial charge in [0, 0.05) is 50.6 Å². The Bertz CT molecular complexity index is 1210. The molecule has 3 saturated carbocycles. The van der Waals surface area contributed by atoms with Gasteiger partial charge >= 0.3 is 0 Å². The van der Waals surface area contributed by atoms with E-state index in [-0.39, 0.29) is 35.5 Å². The van der Waals surface area contributed by atoms with E-state index in [1.54, 1.807) is 16.4 Å². The lowest BCUT2D eigenvalue weighted by Crippen LogP contribution is -2.49. The number of rotatable bonds is 5. The molecule has 7 rings (SSSR count). The van der Waals surface area contributed by atoms with Crippen LogP contribution < -0.4 is 4.90 Å². The van der Waals surface area contributed by atoms with Crippen LogP contribution in [0.3, 0.4) is 0 Å². The predicted molar refractivity (Wildman–Crippen MR) is 153 cm³/mol. The van der Waals surface area contributed by atoms with Crippen LogP contribution in [0.1, 0.15) is 38.5 Å². The van der Waals surface area contributed by atoms with Crippen molar-refractivity contribution in [3.05, 3.63) is 24.3 Å². The largest absolute Gasteiger partial charge is 0.379 e. The maximum atomic E-state index is 13.5. The number of hydrogen-bond acceptors (Lipinski definition) is 7. The standard InChI is InChI=1S/C28H35IN4O3S/c29-28(36)14-19-13-21(28)24-23(19)26(34)33(27(24)35)16-18-6-2-1-5-17(18)15-31-9-11-32(12-10-31)25-20-7-3-4-8-22(20)37-30-25/h3-4,7-8,17-19,21,23-24,36H,1-2,5-6,9-16H2/t17?,18-,19-,21-,23-,24+,28?/m0/s1. The number of likely N-dealkylation sites (tertiary alicyclic amines) is 1. The van der Waals surface area contributed by atoms with Crippen LogP contribution in [0.15, 0.2) is 24.3 Å². The Morgan fingerprint density at radius 3 is 2.49 bits per heavy atom. The second-order valence-electron chi connectivity index (χ2n) is 12.1. The Kier molecular flexibility index (Phi) is 6.29. The van der Waals surface area contributed by atoms with Crippen LogP contribution in [0.2, 0.25) is 0 Å². The van der Waals surface area contributed by atoms with E-state index < -0.39 is 3.61 Å². The molecule has 2 unspecified atom stereocenters. The minimum Gasteiger partial charge on any atom is -0.379 e. The van der Waals surface area contributed by atoms with Gasteiger partial charge in [0.25, 0.3) is 0 Å². The average Bonchev–Trinajstić information content (AvgIpc) is 3.62. The molecule has 7 nitrogen and oxygen atoms in total. The van der Waals surface area contributed by atoms with E-state index in [0.29, 0.717) is 24.8 Å². The summed E-state index contributed by atoms with van der Waals surface area (Å²) in [7, 11) is 0. The zero-order valence-corrected chi connectivity index (χ0v) is 24.1. The highest BCUT2D eigenvalue weighted by atomic mass is 127. The van der Waals surface area contributed by atoms with E-state index in [2.05, 4.69) is 56.7 Å². The van der Waals surface area contributed by atoms with E-state index in [1.165, 1.54) is 29.3 Å². The number of hydrogen-bond donors (Lipinski definition) is 1. The molecular formula is C28H35IN4O3S. The molecule has 0 radical (unpaired) electrons. The zero-order valence-electron chi connectivity index (χ0n) is 21.1. The zero-order chi connectivity index (χ0) is 25.3. The molecule has 1 N–H and O–H groups in total. The van der Waals surface area contributed by atoms with Crippen molar-refractivity contribution in [2.45, 2.75) is 42.1 Å². The number of piperazine rings is 1. The minimum atomic E-state index is -0.824. The smallest absolute Gasteiger partial charge is 0.233 e. The maximum absolute atomic E-state index is 13.5. The van der Waals surface area contributed by atoms with Gasteiger partial charge in [0.2, 0.25) is 11.8 Å². The lowest BCUT2D eigenvalue weighted by Gasteiger charge is -2.40. The fourth-order valence-corrected chi connectivity index (χ4v) is 10.3. The number of aliphatic hydroxyl groups is 1. The molecule has 5 fully saturated rings. The Morgan fingerprint density at radius 2 is 1.70 bits per heavy atom. The van der Waals surface area contributed by atoms with Crippen LogP contribution in [0.4, 0.5) is 5.82 Å². The van der Waals surface area contributed by atoms with Crippen LogP contribution in [0, 0.1) is 35.5 Å². The summed E-state index contributed by atoms with van der Waals surface area (Å²) in [6.07, 6.45) is 6.20. The van der Waals surface area contributed by atoms with Crippen molar-refractivity contribution in [1.82, 2.24) is 14.2 Å². The van der Waals surface area contributed by atoms with Crippen LogP contribution in [-0.2, 0) is 9.59 Å². The van der Waals surface area contributed by atoms with Gasteiger partial charge < -0.3 is 10.0 Å². The predicted octanol–water partition coefficient (Wildman–Crippen LogP) is 3.99. The van der Waals surface area contributed by atoms with E-state index >= 15 is 0 Å². The first-order valence-electron chi connectivity index (χ1n) is 14.0. The molecule has 5 aliphatic rings. The van der Waals surface area contributed by atoms with E-state index in [4.69, 9.17) is 4.37 Å². The number of carbonyl (C=O) groups excluding carboxylic acids is 2. The number of nitrogens with zero attached hydrogens (tertiary/aromatic N) is 4. The van der Waals surface area contributed by atoms with Crippen molar-refractivity contribution >= 4 is 61.8 Å². The molecule has 3 heterocycles. The molecule has 2 amide bonds. The molecule has 3 aliphatic carbocycles. The average molecular weight is 635 g/mol. The van der Waals surface area contributed by atoms with Crippen LogP contribution in [-0.4, -0.2) is 74.0 Å². The summed E-state index contributed by atoms with van der Waals surface area (Å²) in [5.74, 6) is 1.75. The van der Waals surface area contributed by atoms with Crippen LogP contribution in [0.5, 0.6) is 0 Å². The summed E-state index contributed by atoms with van der Waals surface area (Å²) in [4.78, 5) is 33.5. The second kappa shape index (κ2) is 9.41. The van der Waals surface area contributed by atoms with Gasteiger partial charge in [-0.15, -0.1) is 0 Å². The first-order chi connectivity index (χ1) is 17.9. The number of benzene rings is 1. The van der Waals surface area contributed by atoms with Crippen molar-refractivity contribution < 1.29 is 14.7 Å². The monoisotopic (exact) mass is 634 g/mol. The lowest BCUT2D eigenvalue weighted by molar-refractivity contribution is -0.142. The number of anilines is 1. The SMILES string of the molecule is O=C1[C@H]2[C@H]3C[C@@H]([C@H]2C(=O)N1C[C@@H]1CCCCC1CN1CCN(c2nsc4ccccc24)CC1)C(O)(I)C3. The molecule has 198 valence electrons. The van der Waals surface area contributed by atoms with Crippen molar-refractivity contribution in [2.75, 3.05) is 44.2 Å². The molecule has 0 spiro atoms. The van der Waals surface area contributed by atoms with Gasteiger partial charge in [0.1, 0.15) is 9.43 Å². The summed E-state index contributed by atoms with van der Waals surface area (Å²) in [5, 5.41) is 12.0. The highest BCUT2D eigenvalue weighted by Crippen LogP contribution is 2.62. The molecule has 2 bridgehead atoms. The van der Waals surface area contributed by atoms with Crippen molar-refractivity contribution in [2.24, 2.45) is 35.5 Å². The highest BCUT2D eigenvalue weighted by Gasteiger charge is 2.67. The Morgan fingerprint density at radius 1 is 1.00 bits per heavy atom. The van der Waals surface area contributed by atoms with Gasteiger partial charge in [0.05, 0.1) is 16.5 Å². The van der Waals surface area contributed by atoms with E-state index in [0.717, 1.165) is 51.4 Å². The van der Waals surface area contributed by atoms with Crippen molar-refractivity contribution in [3.63, 3.8) is 0 Å². The minimum absolute atomic E-state index is 0.00529. The second-order valence-corrected chi connectivity index (χ2v) is 14.7. The number of amides is 2. The van der Waals surface area contributed by atoms with Gasteiger partial charge in [-0.05, 0) is 89.7 Å². The first-order valence-corrected chi connectivity index (χ1v) is 15.8. The fraction of sp³-hybridized carbons (Fsp3) is 0.679. The number of fused-ring (bicyclic) bond motifs is 6. The third-order valence-electron chi connectivity index (χ3n) is 10.1. The van der Waals surface area contributed by atoms with Gasteiger partial charge in [-0.2, -0.15) is 4.37 Å². The normalized spacial score (nSPS) is 38.2. The number of imide groups is 1. The maximum Gasteiger partial charge on any atom is 0.233 e. The summed E-state index contributed by atoms with van der Waals surface area (Å²) in [5.41, 5.74) is 0. The van der Waals surface area contributed by atoms with Gasteiger partial charge in [-0.25, -0.2) is 0 Å². The fourth-order valence-electron chi connectivity index (χ4n) is 8.25. The molecule has 37 heavy (non-hydrogen) atoms. The summed E-state index contributed by atoms with van der Waals surface area (Å²) < 4.78 is 5.18. The quantitative estimate of drug-likeness (QED) is 0.305. The van der Waals surface area contributed by atoms with E-state index in [9.17, 15) is 14.7 Å². The van der Waals surface area contributed by atoms with Gasteiger partial charge in [-0.1, -0.05) is 25.0 Å². The lowest BCUT2D eigenvalue weighted by atomic mass is 9.78. The molecule has 1 aromatic heterocycles. The van der Waals surface area contributed by atoms with E-state index in [1.807, 2.05) is 0 Å². The number of halogens is 1. The molecule has 7 atom stereocenters. The summed E-state index contributed by atoms with van der Waals surface area (Å²) >= 11 is 3.70. The van der Waals surface area contributed by atoms with Crippen molar-refractivity contribution in [3.8, 4) is 0 Å². The highest BCUT2D eigenvalue weighted by molar-refractivity contribution is 14.1. The van der Waals surface area contributed by atoms with Crippen molar-refractivity contribution in [1.29, 1.82) is 0 Å². The third-order valence-corrected chi connectivity index (χ3v) is 12.2. The molecule has 1 aromatic carbocycles. The Labute approximate surface area is 235 Å². The Balaban J connectivity index is 0.991. The molecular weight excluding hydrogens is 599 g/mol. The molecule has 2 aliphatic heterocycles. The van der Waals surface area contributed by atoms with Crippen LogP contribution in [0.25, 0.3) is 10.1 Å².